The number of halogens is 2. The third-order valence-electron chi connectivity index (χ3n) is 3.11. The zero-order valence-electron chi connectivity index (χ0n) is 10.6. The molecule has 18 heavy (non-hydrogen) atoms. The van der Waals surface area contributed by atoms with Crippen LogP contribution in [0.3, 0.4) is 0 Å². The molecule has 0 saturated heterocycles. The molecule has 0 aliphatic carbocycles. The van der Waals surface area contributed by atoms with Gasteiger partial charge in [0.1, 0.15) is 5.82 Å². The highest BCUT2D eigenvalue weighted by Gasteiger charge is 2.11. The van der Waals surface area contributed by atoms with Crippen molar-refractivity contribution >= 4 is 11.6 Å². The Hall–Kier alpha value is -1.34. The summed E-state index contributed by atoms with van der Waals surface area (Å²) in [5, 5.41) is -0.193. The average Bonchev–Trinajstić information content (AvgIpc) is 2.34. The molecule has 2 aromatic rings. The summed E-state index contributed by atoms with van der Waals surface area (Å²) in [7, 11) is 0. The van der Waals surface area contributed by atoms with Gasteiger partial charge in [-0.3, -0.25) is 0 Å². The van der Waals surface area contributed by atoms with Gasteiger partial charge in [-0.1, -0.05) is 35.9 Å². The van der Waals surface area contributed by atoms with Crippen LogP contribution in [0.25, 0.3) is 0 Å². The fourth-order valence-corrected chi connectivity index (χ4v) is 2.33. The van der Waals surface area contributed by atoms with Crippen LogP contribution in [0.5, 0.6) is 0 Å². The van der Waals surface area contributed by atoms with Crippen molar-refractivity contribution in [2.75, 3.05) is 0 Å². The van der Waals surface area contributed by atoms with E-state index >= 15 is 0 Å². The van der Waals surface area contributed by atoms with Gasteiger partial charge in [0.15, 0.2) is 0 Å². The monoisotopic (exact) mass is 262 g/mol. The minimum Gasteiger partial charge on any atom is -0.207 e. The predicted molar refractivity (Wildman–Crippen MR) is 74.6 cm³/mol. The van der Waals surface area contributed by atoms with Gasteiger partial charge in [-0.25, -0.2) is 4.39 Å². The minimum absolute atomic E-state index is 0.193. The zero-order chi connectivity index (χ0) is 13.1. The van der Waals surface area contributed by atoms with Gasteiger partial charge in [0.25, 0.3) is 0 Å². The summed E-state index contributed by atoms with van der Waals surface area (Å²) in [5.74, 6) is -0.237. The molecule has 2 aromatic carbocycles. The van der Waals surface area contributed by atoms with Gasteiger partial charge in [-0.2, -0.15) is 0 Å². The summed E-state index contributed by atoms with van der Waals surface area (Å²) in [6, 6.07) is 12.8. The van der Waals surface area contributed by atoms with Crippen molar-refractivity contribution in [3.63, 3.8) is 0 Å². The maximum Gasteiger partial charge on any atom is 0.123 e. The largest absolute Gasteiger partial charge is 0.207 e. The van der Waals surface area contributed by atoms with E-state index in [1.807, 2.05) is 6.07 Å². The summed E-state index contributed by atoms with van der Waals surface area (Å²) in [4.78, 5) is 0. The molecule has 0 nitrogen and oxygen atoms in total. The molecule has 0 heterocycles. The molecule has 0 aromatic heterocycles. The van der Waals surface area contributed by atoms with Crippen LogP contribution >= 0.6 is 11.6 Å². The Morgan fingerprint density at radius 1 is 1.11 bits per heavy atom. The van der Waals surface area contributed by atoms with E-state index in [9.17, 15) is 4.39 Å². The average molecular weight is 263 g/mol. The van der Waals surface area contributed by atoms with Crippen molar-refractivity contribution in [2.45, 2.75) is 25.6 Å². The van der Waals surface area contributed by atoms with E-state index in [0.29, 0.717) is 0 Å². The van der Waals surface area contributed by atoms with Gasteiger partial charge in [-0.15, -0.1) is 11.6 Å². The summed E-state index contributed by atoms with van der Waals surface area (Å²) in [5.41, 5.74) is 4.50. The topological polar surface area (TPSA) is 0 Å². The second-order valence-electron chi connectivity index (χ2n) is 4.66. The molecule has 1 atom stereocenters. The van der Waals surface area contributed by atoms with Gasteiger partial charge >= 0.3 is 0 Å². The first kappa shape index (κ1) is 13.1. The highest BCUT2D eigenvalue weighted by atomic mass is 35.5. The number of benzene rings is 2. The molecule has 0 spiro atoms. The highest BCUT2D eigenvalue weighted by Crippen LogP contribution is 2.27. The summed E-state index contributed by atoms with van der Waals surface area (Å²) >= 11 is 6.37. The van der Waals surface area contributed by atoms with E-state index in [2.05, 4.69) is 32.0 Å². The molecule has 1 unspecified atom stereocenters. The van der Waals surface area contributed by atoms with Crippen molar-refractivity contribution in [2.24, 2.45) is 0 Å². The lowest BCUT2D eigenvalue weighted by atomic mass is 9.98. The Morgan fingerprint density at radius 3 is 2.61 bits per heavy atom. The molecule has 0 amide bonds. The Morgan fingerprint density at radius 2 is 1.89 bits per heavy atom. The van der Waals surface area contributed by atoms with Crippen LogP contribution in [0, 0.1) is 19.7 Å². The normalized spacial score (nSPS) is 12.4. The number of hydrogen-bond donors (Lipinski definition) is 0. The first-order chi connectivity index (χ1) is 8.56. The second kappa shape index (κ2) is 5.53. The third-order valence-corrected chi connectivity index (χ3v) is 3.52. The first-order valence-corrected chi connectivity index (χ1v) is 6.45. The maximum atomic E-state index is 13.2. The van der Waals surface area contributed by atoms with Gasteiger partial charge in [-0.05, 0) is 49.1 Å². The first-order valence-electron chi connectivity index (χ1n) is 6.02. The standard InChI is InChI=1S/C16H16ClF/c1-11-6-7-12(2)14(8-11)10-16(17)13-4-3-5-15(18)9-13/h3-9,16H,10H2,1-2H3. The Labute approximate surface area is 112 Å². The maximum absolute atomic E-state index is 13.2. The van der Waals surface area contributed by atoms with Crippen LogP contribution in [0.1, 0.15) is 27.6 Å². The van der Waals surface area contributed by atoms with Crippen LogP contribution in [0.2, 0.25) is 0 Å². The lowest BCUT2D eigenvalue weighted by Crippen LogP contribution is -1.99. The number of alkyl halides is 1. The van der Waals surface area contributed by atoms with Crippen molar-refractivity contribution in [3.05, 3.63) is 70.5 Å². The highest BCUT2D eigenvalue weighted by molar-refractivity contribution is 6.20. The number of rotatable bonds is 3. The molecule has 0 radical (unpaired) electrons. The quantitative estimate of drug-likeness (QED) is 0.686. The van der Waals surface area contributed by atoms with E-state index in [-0.39, 0.29) is 11.2 Å². The molecule has 0 N–H and O–H groups in total. The molecule has 2 heteroatoms. The molecule has 0 fully saturated rings. The van der Waals surface area contributed by atoms with E-state index in [1.165, 1.54) is 28.8 Å². The summed E-state index contributed by atoms with van der Waals surface area (Å²) in [6.07, 6.45) is 0.721. The lowest BCUT2D eigenvalue weighted by molar-refractivity contribution is 0.624. The van der Waals surface area contributed by atoms with Gasteiger partial charge < -0.3 is 0 Å². The van der Waals surface area contributed by atoms with Crippen LogP contribution in [-0.2, 0) is 6.42 Å². The van der Waals surface area contributed by atoms with Crippen LogP contribution in [0.15, 0.2) is 42.5 Å². The Bertz CT molecular complexity index is 549. The van der Waals surface area contributed by atoms with E-state index in [4.69, 9.17) is 11.6 Å². The lowest BCUT2D eigenvalue weighted by Gasteiger charge is -2.13. The van der Waals surface area contributed by atoms with Crippen LogP contribution < -0.4 is 0 Å². The molecule has 0 saturated carbocycles. The molecular weight excluding hydrogens is 247 g/mol. The van der Waals surface area contributed by atoms with E-state index in [0.717, 1.165) is 12.0 Å². The fraction of sp³-hybridized carbons (Fsp3) is 0.250. The molecule has 0 aliphatic rings. The molecule has 94 valence electrons. The minimum atomic E-state index is -0.237. The van der Waals surface area contributed by atoms with Gasteiger partial charge in [0, 0.05) is 0 Å². The zero-order valence-corrected chi connectivity index (χ0v) is 11.3. The summed E-state index contributed by atoms with van der Waals surface area (Å²) in [6.45, 7) is 4.14. The Balaban J connectivity index is 2.21. The number of hydrogen-bond acceptors (Lipinski definition) is 0. The van der Waals surface area contributed by atoms with Crippen LogP contribution in [0.4, 0.5) is 4.39 Å². The summed E-state index contributed by atoms with van der Waals surface area (Å²) < 4.78 is 13.2. The molecular formula is C16H16ClF. The number of aryl methyl sites for hydroxylation is 2. The predicted octanol–water partition coefficient (Wildman–Crippen LogP) is 4.97. The molecule has 2 rings (SSSR count). The SMILES string of the molecule is Cc1ccc(C)c(CC(Cl)c2cccc(F)c2)c1. The van der Waals surface area contributed by atoms with Gasteiger partial charge in [0.2, 0.25) is 0 Å². The smallest absolute Gasteiger partial charge is 0.123 e. The molecule has 0 aliphatic heterocycles. The van der Waals surface area contributed by atoms with Gasteiger partial charge in [0.05, 0.1) is 5.38 Å². The van der Waals surface area contributed by atoms with Crippen molar-refractivity contribution < 1.29 is 4.39 Å². The van der Waals surface area contributed by atoms with Crippen molar-refractivity contribution in [1.29, 1.82) is 0 Å². The Kier molecular flexibility index (Phi) is 4.03. The van der Waals surface area contributed by atoms with Crippen molar-refractivity contribution in [1.82, 2.24) is 0 Å². The molecule has 0 bridgehead atoms. The van der Waals surface area contributed by atoms with Crippen molar-refractivity contribution in [3.8, 4) is 0 Å². The van der Waals surface area contributed by atoms with E-state index < -0.39 is 0 Å². The second-order valence-corrected chi connectivity index (χ2v) is 5.18. The van der Waals surface area contributed by atoms with Crippen LogP contribution in [-0.4, -0.2) is 0 Å². The van der Waals surface area contributed by atoms with E-state index in [1.54, 1.807) is 6.07 Å². The fourth-order valence-electron chi connectivity index (χ4n) is 2.03. The third kappa shape index (κ3) is 3.11.